The van der Waals surface area contributed by atoms with Crippen LogP contribution in [-0.2, 0) is 4.74 Å². The summed E-state index contributed by atoms with van der Waals surface area (Å²) in [7, 11) is 0. The molecule has 1 rings (SSSR count). The van der Waals surface area contributed by atoms with E-state index in [0.717, 1.165) is 13.0 Å². The van der Waals surface area contributed by atoms with Crippen LogP contribution in [0.1, 0.15) is 20.3 Å². The average molecular weight is 287 g/mol. The summed E-state index contributed by atoms with van der Waals surface area (Å²) in [6, 6.07) is 4.63. The molecule has 0 aliphatic carbocycles. The zero-order valence-corrected chi connectivity index (χ0v) is 11.9. The molecular formula is C13H19ClN2O3. The highest BCUT2D eigenvalue weighted by Gasteiger charge is 2.15. The summed E-state index contributed by atoms with van der Waals surface area (Å²) in [6.07, 6.45) is 0.773. The summed E-state index contributed by atoms with van der Waals surface area (Å²) < 4.78 is 5.43. The van der Waals surface area contributed by atoms with Crippen LogP contribution in [0.5, 0.6) is 0 Å². The van der Waals surface area contributed by atoms with Gasteiger partial charge in [0.05, 0.1) is 9.95 Å². The predicted molar refractivity (Wildman–Crippen MR) is 76.9 cm³/mol. The zero-order chi connectivity index (χ0) is 14.3. The highest BCUT2D eigenvalue weighted by molar-refractivity contribution is 6.33. The van der Waals surface area contributed by atoms with E-state index in [0.29, 0.717) is 29.8 Å². The Morgan fingerprint density at radius 2 is 2.21 bits per heavy atom. The molecule has 5 nitrogen and oxygen atoms in total. The van der Waals surface area contributed by atoms with Crippen molar-refractivity contribution in [3.05, 3.63) is 33.3 Å². The normalized spacial score (nSPS) is 10.7. The van der Waals surface area contributed by atoms with Crippen LogP contribution < -0.4 is 5.32 Å². The lowest BCUT2D eigenvalue weighted by atomic mass is 10.2. The molecule has 106 valence electrons. The van der Waals surface area contributed by atoms with Gasteiger partial charge in [-0.15, -0.1) is 0 Å². The van der Waals surface area contributed by atoms with Gasteiger partial charge in [0, 0.05) is 25.8 Å². The number of benzene rings is 1. The minimum Gasteiger partial charge on any atom is -0.381 e. The lowest BCUT2D eigenvalue weighted by Crippen LogP contribution is -2.09. The number of nitro benzene ring substituents is 1. The van der Waals surface area contributed by atoms with Crippen molar-refractivity contribution in [2.24, 2.45) is 5.92 Å². The number of anilines is 1. The van der Waals surface area contributed by atoms with Gasteiger partial charge < -0.3 is 10.1 Å². The fourth-order valence-corrected chi connectivity index (χ4v) is 1.78. The van der Waals surface area contributed by atoms with E-state index >= 15 is 0 Å². The molecule has 0 aliphatic heterocycles. The molecule has 0 amide bonds. The Morgan fingerprint density at radius 3 is 2.84 bits per heavy atom. The Labute approximate surface area is 118 Å². The van der Waals surface area contributed by atoms with Gasteiger partial charge >= 0.3 is 0 Å². The van der Waals surface area contributed by atoms with E-state index in [1.165, 1.54) is 6.07 Å². The summed E-state index contributed by atoms with van der Waals surface area (Å²) in [5, 5.41) is 14.2. The van der Waals surface area contributed by atoms with Crippen LogP contribution >= 0.6 is 11.6 Å². The van der Waals surface area contributed by atoms with Crippen LogP contribution in [0.4, 0.5) is 11.4 Å². The summed E-state index contributed by atoms with van der Waals surface area (Å²) >= 11 is 5.96. The maximum absolute atomic E-state index is 10.9. The van der Waals surface area contributed by atoms with Crippen molar-refractivity contribution in [3.63, 3.8) is 0 Å². The molecule has 0 atom stereocenters. The zero-order valence-electron chi connectivity index (χ0n) is 11.2. The number of nitrogens with one attached hydrogen (secondary N) is 1. The van der Waals surface area contributed by atoms with Crippen LogP contribution in [-0.4, -0.2) is 24.7 Å². The standard InChI is InChI=1S/C13H19ClN2O3/c1-10(2)9-19-8-4-7-15-13-11(14)5-3-6-12(13)16(17)18/h3,5-6,10,15H,4,7-9H2,1-2H3. The van der Waals surface area contributed by atoms with E-state index in [9.17, 15) is 10.1 Å². The molecule has 0 unspecified atom stereocenters. The first-order valence-electron chi connectivity index (χ1n) is 6.27. The SMILES string of the molecule is CC(C)COCCCNc1c(Cl)cccc1[N+](=O)[O-]. The summed E-state index contributed by atoms with van der Waals surface area (Å²) in [6.45, 7) is 6.12. The van der Waals surface area contributed by atoms with Gasteiger partial charge in [0.15, 0.2) is 0 Å². The van der Waals surface area contributed by atoms with Crippen molar-refractivity contribution >= 4 is 23.0 Å². The molecule has 0 spiro atoms. The first-order valence-corrected chi connectivity index (χ1v) is 6.64. The topological polar surface area (TPSA) is 64.4 Å². The summed E-state index contributed by atoms with van der Waals surface area (Å²) in [5.74, 6) is 0.512. The molecule has 0 bridgehead atoms. The van der Waals surface area contributed by atoms with Gasteiger partial charge in [0.1, 0.15) is 5.69 Å². The largest absolute Gasteiger partial charge is 0.381 e. The van der Waals surface area contributed by atoms with Gasteiger partial charge in [-0.05, 0) is 18.4 Å². The monoisotopic (exact) mass is 286 g/mol. The number of halogens is 1. The Kier molecular flexibility index (Phi) is 6.59. The van der Waals surface area contributed by atoms with Gasteiger partial charge in [-0.2, -0.15) is 0 Å². The van der Waals surface area contributed by atoms with E-state index < -0.39 is 4.92 Å². The fraction of sp³-hybridized carbons (Fsp3) is 0.538. The van der Waals surface area contributed by atoms with Gasteiger partial charge in [-0.25, -0.2) is 0 Å². The number of ether oxygens (including phenoxy) is 1. The molecule has 0 saturated carbocycles. The third kappa shape index (κ3) is 5.44. The maximum Gasteiger partial charge on any atom is 0.293 e. The Hall–Kier alpha value is -1.33. The lowest BCUT2D eigenvalue weighted by molar-refractivity contribution is -0.383. The molecule has 0 radical (unpaired) electrons. The molecule has 1 N–H and O–H groups in total. The van der Waals surface area contributed by atoms with E-state index in [2.05, 4.69) is 19.2 Å². The second-order valence-electron chi connectivity index (χ2n) is 4.64. The Morgan fingerprint density at radius 1 is 1.47 bits per heavy atom. The van der Waals surface area contributed by atoms with Crippen LogP contribution in [0.25, 0.3) is 0 Å². The fourth-order valence-electron chi connectivity index (χ4n) is 1.55. The number of nitrogens with zero attached hydrogens (tertiary/aromatic N) is 1. The molecular weight excluding hydrogens is 268 g/mol. The minimum atomic E-state index is -0.441. The number of rotatable bonds is 8. The van der Waals surface area contributed by atoms with Gasteiger partial charge in [-0.3, -0.25) is 10.1 Å². The number of hydrogen-bond acceptors (Lipinski definition) is 4. The maximum atomic E-state index is 10.9. The predicted octanol–water partition coefficient (Wildman–Crippen LogP) is 3.72. The third-order valence-electron chi connectivity index (χ3n) is 2.41. The minimum absolute atomic E-state index is 0.00408. The summed E-state index contributed by atoms with van der Waals surface area (Å²) in [4.78, 5) is 10.4. The van der Waals surface area contributed by atoms with Crippen molar-refractivity contribution in [2.45, 2.75) is 20.3 Å². The Balaban J connectivity index is 2.43. The number of hydrogen-bond donors (Lipinski definition) is 1. The van der Waals surface area contributed by atoms with Crippen molar-refractivity contribution < 1.29 is 9.66 Å². The molecule has 1 aromatic carbocycles. The van der Waals surface area contributed by atoms with Gasteiger partial charge in [0.25, 0.3) is 5.69 Å². The molecule has 0 fully saturated rings. The average Bonchev–Trinajstić information content (AvgIpc) is 2.34. The number of nitro groups is 1. The first-order chi connectivity index (χ1) is 9.02. The lowest BCUT2D eigenvalue weighted by Gasteiger charge is -2.10. The van der Waals surface area contributed by atoms with Crippen LogP contribution in [0, 0.1) is 16.0 Å². The van der Waals surface area contributed by atoms with E-state index in [1.807, 2.05) is 0 Å². The molecule has 0 aliphatic rings. The van der Waals surface area contributed by atoms with Crippen molar-refractivity contribution in [1.82, 2.24) is 0 Å². The molecule has 1 aromatic rings. The quantitative estimate of drug-likeness (QED) is 0.449. The highest BCUT2D eigenvalue weighted by Crippen LogP contribution is 2.31. The summed E-state index contributed by atoms with van der Waals surface area (Å²) in [5.41, 5.74) is 0.369. The molecule has 6 heteroatoms. The van der Waals surface area contributed by atoms with Crippen LogP contribution in [0.15, 0.2) is 18.2 Å². The third-order valence-corrected chi connectivity index (χ3v) is 2.72. The van der Waals surface area contributed by atoms with Gasteiger partial charge in [-0.1, -0.05) is 31.5 Å². The Bertz CT molecular complexity index is 424. The van der Waals surface area contributed by atoms with E-state index in [1.54, 1.807) is 12.1 Å². The van der Waals surface area contributed by atoms with Crippen molar-refractivity contribution in [1.29, 1.82) is 0 Å². The van der Waals surface area contributed by atoms with Crippen LogP contribution in [0.2, 0.25) is 5.02 Å². The molecule has 0 saturated heterocycles. The second-order valence-corrected chi connectivity index (χ2v) is 5.05. The smallest absolute Gasteiger partial charge is 0.293 e. The molecule has 19 heavy (non-hydrogen) atoms. The first kappa shape index (κ1) is 15.7. The van der Waals surface area contributed by atoms with E-state index in [4.69, 9.17) is 16.3 Å². The second kappa shape index (κ2) is 7.96. The van der Waals surface area contributed by atoms with Crippen molar-refractivity contribution in [3.8, 4) is 0 Å². The number of para-hydroxylation sites is 1. The highest BCUT2D eigenvalue weighted by atomic mass is 35.5. The molecule has 0 heterocycles. The molecule has 0 aromatic heterocycles. The van der Waals surface area contributed by atoms with Crippen molar-refractivity contribution in [2.75, 3.05) is 25.1 Å². The van der Waals surface area contributed by atoms with Crippen LogP contribution in [0.3, 0.4) is 0 Å². The van der Waals surface area contributed by atoms with Gasteiger partial charge in [0.2, 0.25) is 0 Å². The van der Waals surface area contributed by atoms with E-state index in [-0.39, 0.29) is 5.69 Å².